The van der Waals surface area contributed by atoms with Gasteiger partial charge in [-0.2, -0.15) is 0 Å². The second kappa shape index (κ2) is 7.56. The lowest BCUT2D eigenvalue weighted by molar-refractivity contribution is -0.120. The van der Waals surface area contributed by atoms with Crippen molar-refractivity contribution in [1.29, 1.82) is 0 Å². The van der Waals surface area contributed by atoms with Crippen LogP contribution in [0.25, 0.3) is 0 Å². The highest BCUT2D eigenvalue weighted by Crippen LogP contribution is 2.14. The summed E-state index contributed by atoms with van der Waals surface area (Å²) in [7, 11) is 0. The first-order valence-corrected chi connectivity index (χ1v) is 6.98. The van der Waals surface area contributed by atoms with Gasteiger partial charge in [-0.15, -0.1) is 0 Å². The van der Waals surface area contributed by atoms with Crippen LogP contribution in [-0.4, -0.2) is 18.4 Å². The van der Waals surface area contributed by atoms with E-state index < -0.39 is 5.91 Å². The largest absolute Gasteiger partial charge is 0.350 e. The Bertz CT molecular complexity index is 674. The first-order valence-electron chi connectivity index (χ1n) is 6.60. The van der Waals surface area contributed by atoms with Crippen molar-refractivity contribution >= 4 is 23.4 Å². The van der Waals surface area contributed by atoms with Crippen molar-refractivity contribution in [3.05, 3.63) is 70.5 Å². The Morgan fingerprint density at radius 3 is 2.36 bits per heavy atom. The number of hydrogen-bond donors (Lipinski definition) is 2. The number of rotatable bonds is 5. The first kappa shape index (κ1) is 16.0. The minimum atomic E-state index is -0.414. The van der Waals surface area contributed by atoms with Crippen LogP contribution in [0.5, 0.6) is 0 Å². The van der Waals surface area contributed by atoms with Crippen molar-refractivity contribution in [3.63, 3.8) is 0 Å². The molecule has 4 nitrogen and oxygen atoms in total. The number of carbonyl (C=O) groups excluding carboxylic acids is 2. The summed E-state index contributed by atoms with van der Waals surface area (Å²) >= 11 is 5.90. The summed E-state index contributed by atoms with van der Waals surface area (Å²) in [5.74, 6) is -1.09. The minimum absolute atomic E-state index is 0.161. The summed E-state index contributed by atoms with van der Waals surface area (Å²) in [6.07, 6.45) is 0. The quantitative estimate of drug-likeness (QED) is 0.889. The minimum Gasteiger partial charge on any atom is -0.350 e. The molecule has 0 heterocycles. The third-order valence-corrected chi connectivity index (χ3v) is 3.26. The van der Waals surface area contributed by atoms with E-state index in [1.54, 1.807) is 36.4 Å². The summed E-state index contributed by atoms with van der Waals surface area (Å²) in [6.45, 7) is 0.104. The van der Waals surface area contributed by atoms with Crippen molar-refractivity contribution in [2.45, 2.75) is 6.54 Å². The topological polar surface area (TPSA) is 58.2 Å². The Morgan fingerprint density at radius 1 is 1.00 bits per heavy atom. The lowest BCUT2D eigenvalue weighted by Gasteiger charge is -2.08. The van der Waals surface area contributed by atoms with Crippen LogP contribution in [0.4, 0.5) is 4.39 Å². The molecule has 0 aliphatic rings. The monoisotopic (exact) mass is 320 g/mol. The molecule has 0 aliphatic heterocycles. The fraction of sp³-hybridized carbons (Fsp3) is 0.125. The van der Waals surface area contributed by atoms with Gasteiger partial charge < -0.3 is 10.6 Å². The van der Waals surface area contributed by atoms with Gasteiger partial charge in [0.2, 0.25) is 5.91 Å². The number of carbonyl (C=O) groups is 2. The predicted octanol–water partition coefficient (Wildman–Crippen LogP) is 2.53. The molecule has 2 aromatic rings. The summed E-state index contributed by atoms with van der Waals surface area (Å²) in [4.78, 5) is 23.5. The van der Waals surface area contributed by atoms with E-state index in [1.807, 2.05) is 0 Å². The molecular formula is C16H14ClFN2O2. The number of benzene rings is 2. The SMILES string of the molecule is O=C(CNC(=O)c1ccccc1Cl)NCc1ccc(F)cc1. The van der Waals surface area contributed by atoms with E-state index in [2.05, 4.69) is 10.6 Å². The van der Waals surface area contributed by atoms with E-state index in [1.165, 1.54) is 12.1 Å². The smallest absolute Gasteiger partial charge is 0.253 e. The van der Waals surface area contributed by atoms with Crippen molar-refractivity contribution in [2.24, 2.45) is 0 Å². The van der Waals surface area contributed by atoms with Crippen LogP contribution in [-0.2, 0) is 11.3 Å². The zero-order valence-electron chi connectivity index (χ0n) is 11.6. The molecule has 0 bridgehead atoms. The Balaban J connectivity index is 1.79. The summed E-state index contributed by atoms with van der Waals surface area (Å²) in [5, 5.41) is 5.45. The van der Waals surface area contributed by atoms with E-state index in [4.69, 9.17) is 11.6 Å². The van der Waals surface area contributed by atoms with Crippen LogP contribution in [0.3, 0.4) is 0 Å². The maximum Gasteiger partial charge on any atom is 0.253 e. The molecule has 0 saturated carbocycles. The molecule has 0 radical (unpaired) electrons. The standard InChI is InChI=1S/C16H14ClFN2O2/c17-14-4-2-1-3-13(14)16(22)20-10-15(21)19-9-11-5-7-12(18)8-6-11/h1-8H,9-10H2,(H,19,21)(H,20,22). The Labute approximate surface area is 132 Å². The van der Waals surface area contributed by atoms with Crippen molar-refractivity contribution in [3.8, 4) is 0 Å². The molecule has 0 aliphatic carbocycles. The number of nitrogens with one attached hydrogen (secondary N) is 2. The highest BCUT2D eigenvalue weighted by atomic mass is 35.5. The lowest BCUT2D eigenvalue weighted by atomic mass is 10.2. The molecule has 0 atom stereocenters. The fourth-order valence-electron chi connectivity index (χ4n) is 1.77. The Hall–Kier alpha value is -2.40. The molecular weight excluding hydrogens is 307 g/mol. The van der Waals surface area contributed by atoms with Crippen LogP contribution < -0.4 is 10.6 Å². The molecule has 2 amide bonds. The van der Waals surface area contributed by atoms with Crippen LogP contribution in [0.2, 0.25) is 5.02 Å². The Morgan fingerprint density at radius 2 is 1.68 bits per heavy atom. The summed E-state index contributed by atoms with van der Waals surface area (Å²) in [5.41, 5.74) is 1.09. The zero-order chi connectivity index (χ0) is 15.9. The van der Waals surface area contributed by atoms with Gasteiger partial charge in [0.25, 0.3) is 5.91 Å². The summed E-state index contributed by atoms with van der Waals surface area (Å²) in [6, 6.07) is 12.4. The maximum absolute atomic E-state index is 12.7. The average molecular weight is 321 g/mol. The highest BCUT2D eigenvalue weighted by molar-refractivity contribution is 6.33. The number of hydrogen-bond acceptors (Lipinski definition) is 2. The highest BCUT2D eigenvalue weighted by Gasteiger charge is 2.10. The molecule has 0 aromatic heterocycles. The normalized spacial score (nSPS) is 10.1. The maximum atomic E-state index is 12.7. The van der Waals surface area contributed by atoms with Gasteiger partial charge in [-0.1, -0.05) is 35.9 Å². The molecule has 0 unspecified atom stereocenters. The fourth-order valence-corrected chi connectivity index (χ4v) is 1.99. The lowest BCUT2D eigenvalue weighted by Crippen LogP contribution is -2.36. The molecule has 0 spiro atoms. The Kier molecular flexibility index (Phi) is 5.49. The van der Waals surface area contributed by atoms with E-state index in [-0.39, 0.29) is 24.8 Å². The van der Waals surface area contributed by atoms with Gasteiger partial charge in [-0.3, -0.25) is 9.59 Å². The second-order valence-corrected chi connectivity index (χ2v) is 4.97. The van der Waals surface area contributed by atoms with Crippen LogP contribution in [0.15, 0.2) is 48.5 Å². The van der Waals surface area contributed by atoms with E-state index in [0.717, 1.165) is 5.56 Å². The van der Waals surface area contributed by atoms with Gasteiger partial charge in [0.15, 0.2) is 0 Å². The van der Waals surface area contributed by atoms with Gasteiger partial charge in [-0.05, 0) is 29.8 Å². The molecule has 22 heavy (non-hydrogen) atoms. The van der Waals surface area contributed by atoms with Crippen molar-refractivity contribution in [2.75, 3.05) is 6.54 Å². The zero-order valence-corrected chi connectivity index (χ0v) is 12.4. The molecule has 114 valence electrons. The third kappa shape index (κ3) is 4.56. The van der Waals surface area contributed by atoms with Gasteiger partial charge in [-0.25, -0.2) is 4.39 Å². The van der Waals surface area contributed by atoms with Crippen LogP contribution in [0, 0.1) is 5.82 Å². The average Bonchev–Trinajstić information content (AvgIpc) is 2.52. The number of amides is 2. The van der Waals surface area contributed by atoms with Gasteiger partial charge in [0.05, 0.1) is 17.1 Å². The predicted molar refractivity (Wildman–Crippen MR) is 82.0 cm³/mol. The molecule has 0 saturated heterocycles. The van der Waals surface area contributed by atoms with Crippen LogP contribution in [0.1, 0.15) is 15.9 Å². The van der Waals surface area contributed by atoms with Crippen molar-refractivity contribution < 1.29 is 14.0 Å². The molecule has 2 N–H and O–H groups in total. The van der Waals surface area contributed by atoms with Gasteiger partial charge >= 0.3 is 0 Å². The van der Waals surface area contributed by atoms with Gasteiger partial charge in [0, 0.05) is 6.54 Å². The van der Waals surface area contributed by atoms with Crippen molar-refractivity contribution in [1.82, 2.24) is 10.6 Å². The third-order valence-electron chi connectivity index (χ3n) is 2.93. The summed E-state index contributed by atoms with van der Waals surface area (Å²) < 4.78 is 12.7. The number of halogens is 2. The van der Waals surface area contributed by atoms with E-state index >= 15 is 0 Å². The second-order valence-electron chi connectivity index (χ2n) is 4.57. The molecule has 0 fully saturated rings. The van der Waals surface area contributed by atoms with Gasteiger partial charge in [0.1, 0.15) is 5.82 Å². The first-order chi connectivity index (χ1) is 10.6. The van der Waals surface area contributed by atoms with E-state index in [9.17, 15) is 14.0 Å². The molecule has 2 aromatic carbocycles. The van der Waals surface area contributed by atoms with E-state index in [0.29, 0.717) is 10.6 Å². The molecule has 2 rings (SSSR count). The van der Waals surface area contributed by atoms with Crippen LogP contribution >= 0.6 is 11.6 Å². The molecule has 6 heteroatoms.